The Morgan fingerprint density at radius 3 is 2.27 bits per heavy atom. The maximum atomic E-state index is 12.4. The van der Waals surface area contributed by atoms with Crippen LogP contribution in [0, 0.1) is 0 Å². The predicted molar refractivity (Wildman–Crippen MR) is 107 cm³/mol. The molecule has 9 N–H and O–H groups in total. The Kier molecular flexibility index (Phi) is 9.77. The third-order valence-electron chi connectivity index (χ3n) is 3.92. The van der Waals surface area contributed by atoms with E-state index in [0.29, 0.717) is 5.69 Å². The molecule has 4 atom stereocenters. The molecule has 4 unspecified atom stereocenters. The standard InChI is InChI=1S/C16H25N7O6S/c1-7(21-14(26)9(17)3-12(18)24)13(25)23-11(5-30)15(27)22-10(16(28)29)2-8-4-19-6-20-8/h4,6-7,9-11,30H,2-3,5,17H2,1H3,(H2,18,24)(H,19,20)(H,21,26)(H,22,27)(H,23,25)(H,28,29). The molecule has 0 aliphatic carbocycles. The minimum Gasteiger partial charge on any atom is -0.480 e. The molecule has 4 amide bonds. The maximum Gasteiger partial charge on any atom is 0.326 e. The van der Waals surface area contributed by atoms with Gasteiger partial charge in [-0.3, -0.25) is 19.2 Å². The number of nitrogens with zero attached hydrogens (tertiary/aromatic N) is 1. The zero-order valence-corrected chi connectivity index (χ0v) is 17.0. The van der Waals surface area contributed by atoms with Gasteiger partial charge < -0.3 is 37.5 Å². The van der Waals surface area contributed by atoms with Crippen LogP contribution in [0.1, 0.15) is 19.0 Å². The Labute approximate surface area is 177 Å². The fourth-order valence-electron chi connectivity index (χ4n) is 2.27. The van der Waals surface area contributed by atoms with Crippen molar-refractivity contribution in [1.29, 1.82) is 0 Å². The number of H-pyrrole nitrogens is 1. The molecule has 166 valence electrons. The van der Waals surface area contributed by atoms with Gasteiger partial charge in [-0.25, -0.2) is 9.78 Å². The molecule has 1 aromatic heterocycles. The van der Waals surface area contributed by atoms with Crippen LogP contribution in [0.3, 0.4) is 0 Å². The van der Waals surface area contributed by atoms with Gasteiger partial charge in [-0.1, -0.05) is 0 Å². The number of rotatable bonds is 12. The molecule has 1 aromatic rings. The third-order valence-corrected chi connectivity index (χ3v) is 4.28. The molecule has 0 aromatic carbocycles. The van der Waals surface area contributed by atoms with Crippen LogP contribution in [0.25, 0.3) is 0 Å². The molecule has 1 heterocycles. The summed E-state index contributed by atoms with van der Waals surface area (Å²) in [5, 5.41) is 16.3. The second-order valence-electron chi connectivity index (χ2n) is 6.43. The van der Waals surface area contributed by atoms with E-state index in [9.17, 15) is 29.1 Å². The number of nitrogens with two attached hydrogens (primary N) is 2. The van der Waals surface area contributed by atoms with Gasteiger partial charge in [0.05, 0.1) is 18.8 Å². The monoisotopic (exact) mass is 443 g/mol. The number of carbonyl (C=O) groups excluding carboxylic acids is 4. The molecular weight excluding hydrogens is 418 g/mol. The van der Waals surface area contributed by atoms with Gasteiger partial charge in [0, 0.05) is 24.1 Å². The third kappa shape index (κ3) is 8.08. The summed E-state index contributed by atoms with van der Waals surface area (Å²) in [6, 6.07) is -4.74. The van der Waals surface area contributed by atoms with Crippen molar-refractivity contribution in [3.63, 3.8) is 0 Å². The van der Waals surface area contributed by atoms with Crippen LogP contribution >= 0.6 is 12.6 Å². The summed E-state index contributed by atoms with van der Waals surface area (Å²) in [7, 11) is 0. The van der Waals surface area contributed by atoms with Gasteiger partial charge in [0.25, 0.3) is 0 Å². The average Bonchev–Trinajstić information content (AvgIpc) is 3.17. The van der Waals surface area contributed by atoms with Gasteiger partial charge in [0.1, 0.15) is 18.1 Å². The van der Waals surface area contributed by atoms with Crippen LogP contribution < -0.4 is 27.4 Å². The van der Waals surface area contributed by atoms with Gasteiger partial charge >= 0.3 is 5.97 Å². The SMILES string of the molecule is CC(NC(=O)C(N)CC(N)=O)C(=O)NC(CS)C(=O)NC(Cc1cnc[nH]1)C(=O)O. The van der Waals surface area contributed by atoms with Crippen LogP contribution in [-0.2, 0) is 30.4 Å². The number of aromatic amines is 1. The van der Waals surface area contributed by atoms with E-state index in [1.165, 1.54) is 19.4 Å². The number of imidazole rings is 1. The number of aliphatic carboxylic acids is 1. The summed E-state index contributed by atoms with van der Waals surface area (Å²) >= 11 is 4.00. The smallest absolute Gasteiger partial charge is 0.326 e. The largest absolute Gasteiger partial charge is 0.480 e. The molecule has 0 aliphatic rings. The van der Waals surface area contributed by atoms with Gasteiger partial charge in [-0.05, 0) is 6.92 Å². The Hall–Kier alpha value is -3.13. The first kappa shape index (κ1) is 24.9. The fraction of sp³-hybridized carbons (Fsp3) is 0.500. The fourth-order valence-corrected chi connectivity index (χ4v) is 2.53. The Morgan fingerprint density at radius 1 is 1.13 bits per heavy atom. The zero-order valence-electron chi connectivity index (χ0n) is 16.1. The second-order valence-corrected chi connectivity index (χ2v) is 6.80. The second kappa shape index (κ2) is 11.8. The van der Waals surface area contributed by atoms with Crippen LogP contribution in [0.2, 0.25) is 0 Å². The lowest BCUT2D eigenvalue weighted by molar-refractivity contribution is -0.142. The van der Waals surface area contributed by atoms with Crippen molar-refractivity contribution < 1.29 is 29.1 Å². The minimum absolute atomic E-state index is 0.0431. The van der Waals surface area contributed by atoms with Crippen LogP contribution in [0.4, 0.5) is 0 Å². The highest BCUT2D eigenvalue weighted by Gasteiger charge is 2.28. The van der Waals surface area contributed by atoms with Gasteiger partial charge in [0.2, 0.25) is 23.6 Å². The summed E-state index contributed by atoms with van der Waals surface area (Å²) in [6.45, 7) is 1.34. The maximum absolute atomic E-state index is 12.4. The number of nitrogens with one attached hydrogen (secondary N) is 4. The molecular formula is C16H25N7O6S. The Balaban J connectivity index is 2.66. The van der Waals surface area contributed by atoms with Crippen molar-refractivity contribution in [2.75, 3.05) is 5.75 Å². The minimum atomic E-state index is -1.27. The number of carbonyl (C=O) groups is 5. The van der Waals surface area contributed by atoms with Crippen molar-refractivity contribution in [2.45, 2.75) is 43.9 Å². The summed E-state index contributed by atoms with van der Waals surface area (Å²) in [4.78, 5) is 65.3. The molecule has 0 radical (unpaired) electrons. The number of amides is 4. The van der Waals surface area contributed by atoms with Gasteiger partial charge in [-0.15, -0.1) is 0 Å². The van der Waals surface area contributed by atoms with Crippen LogP contribution in [0.15, 0.2) is 12.5 Å². The number of aromatic nitrogens is 2. The predicted octanol–water partition coefficient (Wildman–Crippen LogP) is -3.36. The van der Waals surface area contributed by atoms with Crippen molar-refractivity contribution in [3.05, 3.63) is 18.2 Å². The summed E-state index contributed by atoms with van der Waals surface area (Å²) in [5.74, 6) is -4.45. The first-order valence-electron chi connectivity index (χ1n) is 8.81. The lowest BCUT2D eigenvalue weighted by atomic mass is 10.1. The first-order chi connectivity index (χ1) is 14.0. The van der Waals surface area contributed by atoms with E-state index >= 15 is 0 Å². The molecule has 0 bridgehead atoms. The molecule has 0 saturated carbocycles. The molecule has 0 saturated heterocycles. The number of carboxylic acids is 1. The van der Waals surface area contributed by atoms with E-state index in [1.807, 2.05) is 0 Å². The van der Waals surface area contributed by atoms with E-state index in [4.69, 9.17) is 11.5 Å². The van der Waals surface area contributed by atoms with Gasteiger partial charge in [-0.2, -0.15) is 12.6 Å². The number of thiol groups is 1. The lowest BCUT2D eigenvalue weighted by Gasteiger charge is -2.22. The first-order valence-corrected chi connectivity index (χ1v) is 9.44. The van der Waals surface area contributed by atoms with Crippen LogP contribution in [-0.4, -0.2) is 74.6 Å². The molecule has 14 heteroatoms. The normalized spacial score (nSPS) is 14.6. The van der Waals surface area contributed by atoms with Crippen molar-refractivity contribution in [3.8, 4) is 0 Å². The van der Waals surface area contributed by atoms with Crippen molar-refractivity contribution >= 4 is 42.2 Å². The Morgan fingerprint density at radius 2 is 1.77 bits per heavy atom. The number of hydrogen-bond acceptors (Lipinski definition) is 8. The molecule has 30 heavy (non-hydrogen) atoms. The summed E-state index contributed by atoms with van der Waals surface area (Å²) in [6.07, 6.45) is 2.36. The highest BCUT2D eigenvalue weighted by molar-refractivity contribution is 7.80. The molecule has 0 fully saturated rings. The molecule has 0 spiro atoms. The summed E-state index contributed by atoms with van der Waals surface area (Å²) in [5.41, 5.74) is 11.0. The quantitative estimate of drug-likeness (QED) is 0.152. The van der Waals surface area contributed by atoms with E-state index in [-0.39, 0.29) is 12.2 Å². The molecule has 13 nitrogen and oxygen atoms in total. The van der Waals surface area contributed by atoms with Gasteiger partial charge in [0.15, 0.2) is 0 Å². The number of hydrogen-bond donors (Lipinski definition) is 8. The summed E-state index contributed by atoms with van der Waals surface area (Å²) < 4.78 is 0. The van der Waals surface area contributed by atoms with E-state index in [0.717, 1.165) is 0 Å². The van der Waals surface area contributed by atoms with Crippen LogP contribution in [0.5, 0.6) is 0 Å². The zero-order chi connectivity index (χ0) is 22.8. The van der Waals surface area contributed by atoms with E-state index in [2.05, 4.69) is 38.5 Å². The highest BCUT2D eigenvalue weighted by Crippen LogP contribution is 2.01. The van der Waals surface area contributed by atoms with E-state index < -0.39 is 60.2 Å². The lowest BCUT2D eigenvalue weighted by Crippen LogP contribution is -2.57. The molecule has 1 rings (SSSR count). The van der Waals surface area contributed by atoms with Crippen molar-refractivity contribution in [2.24, 2.45) is 11.5 Å². The number of primary amides is 1. The topological polar surface area (TPSA) is 222 Å². The average molecular weight is 443 g/mol. The number of carboxylic acid groups (broad SMARTS) is 1. The Bertz CT molecular complexity index is 772. The molecule has 0 aliphatic heterocycles. The van der Waals surface area contributed by atoms with Crippen molar-refractivity contribution in [1.82, 2.24) is 25.9 Å². The van der Waals surface area contributed by atoms with E-state index in [1.54, 1.807) is 0 Å². The highest BCUT2D eigenvalue weighted by atomic mass is 32.1.